The van der Waals surface area contributed by atoms with E-state index in [4.69, 9.17) is 4.74 Å². The van der Waals surface area contributed by atoms with Crippen LogP contribution in [0.4, 0.5) is 5.82 Å². The normalized spacial score (nSPS) is 24.8. The maximum absolute atomic E-state index is 12.6. The van der Waals surface area contributed by atoms with Gasteiger partial charge in [0.1, 0.15) is 5.82 Å². The number of likely N-dealkylation sites (N-methyl/N-ethyl adjacent to an activating group) is 1. The number of morpholine rings is 1. The number of hydrogen-bond acceptors (Lipinski definition) is 5. The highest BCUT2D eigenvalue weighted by molar-refractivity contribution is 5.94. The van der Waals surface area contributed by atoms with E-state index in [1.54, 1.807) is 6.20 Å². The second kappa shape index (κ2) is 9.02. The van der Waals surface area contributed by atoms with Gasteiger partial charge in [-0.1, -0.05) is 6.92 Å². The number of amides is 1. The summed E-state index contributed by atoms with van der Waals surface area (Å²) >= 11 is 0. The van der Waals surface area contributed by atoms with Gasteiger partial charge in [0.05, 0.1) is 17.8 Å². The quantitative estimate of drug-likeness (QED) is 0.793. The predicted molar refractivity (Wildman–Crippen MR) is 108 cm³/mol. The summed E-state index contributed by atoms with van der Waals surface area (Å²) in [5, 5.41) is 0. The van der Waals surface area contributed by atoms with Crippen molar-refractivity contribution >= 4 is 11.7 Å². The van der Waals surface area contributed by atoms with Crippen molar-refractivity contribution in [3.05, 3.63) is 23.9 Å². The average molecular weight is 375 g/mol. The van der Waals surface area contributed by atoms with Crippen LogP contribution in [0.3, 0.4) is 0 Å². The maximum atomic E-state index is 12.6. The third kappa shape index (κ3) is 5.42. The zero-order valence-electron chi connectivity index (χ0n) is 17.2. The molecule has 1 aromatic rings. The highest BCUT2D eigenvalue weighted by atomic mass is 16.5. The molecule has 0 unspecified atom stereocenters. The molecule has 1 aromatic heterocycles. The number of nitrogens with zero attached hydrogens (tertiary/aromatic N) is 4. The zero-order valence-corrected chi connectivity index (χ0v) is 17.2. The van der Waals surface area contributed by atoms with Crippen molar-refractivity contribution in [3.63, 3.8) is 0 Å². The van der Waals surface area contributed by atoms with Crippen molar-refractivity contribution in [2.75, 3.05) is 51.2 Å². The minimum absolute atomic E-state index is 0.111. The predicted octanol–water partition coefficient (Wildman–Crippen LogP) is 2.50. The standard InChI is InChI=1S/C21H34N4O2/c1-16-7-9-25(10-8-16)21(26)19-5-6-20(22-13-19)23(4)11-12-24-14-17(2)27-18(3)15-24/h5-6,13,16-18H,7-12,14-15H2,1-4H3/t17-,18+. The molecule has 3 heterocycles. The van der Waals surface area contributed by atoms with E-state index in [1.165, 1.54) is 0 Å². The van der Waals surface area contributed by atoms with E-state index >= 15 is 0 Å². The second-order valence-electron chi connectivity index (χ2n) is 8.32. The molecular weight excluding hydrogens is 340 g/mol. The van der Waals surface area contributed by atoms with Gasteiger partial charge in [-0.3, -0.25) is 9.69 Å². The highest BCUT2D eigenvalue weighted by Crippen LogP contribution is 2.19. The van der Waals surface area contributed by atoms with Crippen molar-refractivity contribution < 1.29 is 9.53 Å². The average Bonchev–Trinajstić information content (AvgIpc) is 2.65. The summed E-state index contributed by atoms with van der Waals surface area (Å²) in [4.78, 5) is 23.7. The fraction of sp³-hybridized carbons (Fsp3) is 0.714. The first-order valence-corrected chi connectivity index (χ1v) is 10.3. The largest absolute Gasteiger partial charge is 0.373 e. The first-order valence-electron chi connectivity index (χ1n) is 10.3. The van der Waals surface area contributed by atoms with Crippen LogP contribution in [0.1, 0.15) is 44.0 Å². The minimum Gasteiger partial charge on any atom is -0.373 e. The molecule has 0 bridgehead atoms. The van der Waals surface area contributed by atoms with Gasteiger partial charge in [0.15, 0.2) is 0 Å². The van der Waals surface area contributed by atoms with Crippen LogP contribution in [0.2, 0.25) is 0 Å². The number of carbonyl (C=O) groups excluding carboxylic acids is 1. The van der Waals surface area contributed by atoms with Gasteiger partial charge in [0, 0.05) is 52.5 Å². The van der Waals surface area contributed by atoms with Gasteiger partial charge in [-0.2, -0.15) is 0 Å². The van der Waals surface area contributed by atoms with Gasteiger partial charge >= 0.3 is 0 Å². The lowest BCUT2D eigenvalue weighted by Crippen LogP contribution is -2.47. The molecule has 2 fully saturated rings. The van der Waals surface area contributed by atoms with E-state index in [-0.39, 0.29) is 5.91 Å². The number of likely N-dealkylation sites (tertiary alicyclic amines) is 1. The molecule has 0 aromatic carbocycles. The summed E-state index contributed by atoms with van der Waals surface area (Å²) in [7, 11) is 2.06. The van der Waals surface area contributed by atoms with Crippen molar-refractivity contribution in [1.82, 2.24) is 14.8 Å². The molecule has 0 saturated carbocycles. The molecule has 6 heteroatoms. The van der Waals surface area contributed by atoms with E-state index in [1.807, 2.05) is 17.0 Å². The number of rotatable bonds is 5. The van der Waals surface area contributed by atoms with Crippen molar-refractivity contribution in [3.8, 4) is 0 Å². The lowest BCUT2D eigenvalue weighted by Gasteiger charge is -2.36. The fourth-order valence-electron chi connectivity index (χ4n) is 4.01. The molecule has 0 aliphatic carbocycles. The third-order valence-corrected chi connectivity index (χ3v) is 5.70. The number of hydrogen-bond donors (Lipinski definition) is 0. The summed E-state index contributed by atoms with van der Waals surface area (Å²) in [5.41, 5.74) is 0.692. The van der Waals surface area contributed by atoms with Crippen LogP contribution in [0.5, 0.6) is 0 Å². The van der Waals surface area contributed by atoms with Crippen LogP contribution in [-0.4, -0.2) is 79.2 Å². The third-order valence-electron chi connectivity index (χ3n) is 5.70. The van der Waals surface area contributed by atoms with Gasteiger partial charge in [0.2, 0.25) is 0 Å². The molecule has 0 N–H and O–H groups in total. The molecule has 2 saturated heterocycles. The SMILES string of the molecule is CC1CCN(C(=O)c2ccc(N(C)CCN3C[C@@H](C)O[C@@H](C)C3)nc2)CC1. The van der Waals surface area contributed by atoms with Gasteiger partial charge < -0.3 is 14.5 Å². The van der Waals surface area contributed by atoms with Crippen LogP contribution in [-0.2, 0) is 4.74 Å². The molecule has 2 aliphatic rings. The molecule has 2 aliphatic heterocycles. The van der Waals surface area contributed by atoms with E-state index in [2.05, 4.69) is 42.6 Å². The van der Waals surface area contributed by atoms with E-state index in [9.17, 15) is 4.79 Å². The lowest BCUT2D eigenvalue weighted by atomic mass is 9.99. The molecule has 2 atom stereocenters. The topological polar surface area (TPSA) is 48.9 Å². The number of pyridine rings is 1. The summed E-state index contributed by atoms with van der Waals surface area (Å²) < 4.78 is 5.80. The highest BCUT2D eigenvalue weighted by Gasteiger charge is 2.23. The van der Waals surface area contributed by atoms with Crippen LogP contribution in [0.25, 0.3) is 0 Å². The van der Waals surface area contributed by atoms with Gasteiger partial charge in [-0.25, -0.2) is 4.98 Å². The van der Waals surface area contributed by atoms with Crippen molar-refractivity contribution in [2.24, 2.45) is 5.92 Å². The Bertz CT molecular complexity index is 603. The molecule has 0 spiro atoms. The first kappa shape index (κ1) is 20.1. The van der Waals surface area contributed by atoms with Crippen LogP contribution in [0.15, 0.2) is 18.3 Å². The van der Waals surface area contributed by atoms with Crippen LogP contribution in [0, 0.1) is 5.92 Å². The number of ether oxygens (including phenoxy) is 1. The number of piperidine rings is 1. The fourth-order valence-corrected chi connectivity index (χ4v) is 4.01. The summed E-state index contributed by atoms with van der Waals surface area (Å²) in [6.45, 7) is 12.1. The summed E-state index contributed by atoms with van der Waals surface area (Å²) in [6.07, 6.45) is 4.50. The molecular formula is C21H34N4O2. The number of anilines is 1. The summed E-state index contributed by atoms with van der Waals surface area (Å²) in [6, 6.07) is 3.88. The van der Waals surface area contributed by atoms with Crippen molar-refractivity contribution in [2.45, 2.75) is 45.8 Å². The molecule has 3 rings (SSSR count). The Morgan fingerprint density at radius 3 is 2.44 bits per heavy atom. The maximum Gasteiger partial charge on any atom is 0.255 e. The Morgan fingerprint density at radius 2 is 1.85 bits per heavy atom. The van der Waals surface area contributed by atoms with E-state index < -0.39 is 0 Å². The Labute approximate surface area is 163 Å². The molecule has 0 radical (unpaired) electrons. The Kier molecular flexibility index (Phi) is 6.71. The number of aromatic nitrogens is 1. The van der Waals surface area contributed by atoms with Crippen LogP contribution >= 0.6 is 0 Å². The molecule has 1 amide bonds. The van der Waals surface area contributed by atoms with Gasteiger partial charge in [-0.15, -0.1) is 0 Å². The van der Waals surface area contributed by atoms with Gasteiger partial charge in [-0.05, 0) is 44.7 Å². The Hall–Kier alpha value is -1.66. The smallest absolute Gasteiger partial charge is 0.255 e. The lowest BCUT2D eigenvalue weighted by molar-refractivity contribution is -0.0670. The Morgan fingerprint density at radius 1 is 1.19 bits per heavy atom. The Balaban J connectivity index is 1.51. The minimum atomic E-state index is 0.111. The van der Waals surface area contributed by atoms with E-state index in [0.717, 1.165) is 63.8 Å². The van der Waals surface area contributed by atoms with Crippen LogP contribution < -0.4 is 4.90 Å². The number of carbonyl (C=O) groups is 1. The van der Waals surface area contributed by atoms with Gasteiger partial charge in [0.25, 0.3) is 5.91 Å². The summed E-state index contributed by atoms with van der Waals surface area (Å²) in [5.74, 6) is 1.74. The molecule has 150 valence electrons. The molecule has 27 heavy (non-hydrogen) atoms. The van der Waals surface area contributed by atoms with E-state index in [0.29, 0.717) is 17.8 Å². The first-order chi connectivity index (χ1) is 12.9. The van der Waals surface area contributed by atoms with Crippen molar-refractivity contribution in [1.29, 1.82) is 0 Å². The monoisotopic (exact) mass is 374 g/mol. The molecule has 6 nitrogen and oxygen atoms in total. The second-order valence-corrected chi connectivity index (χ2v) is 8.32. The zero-order chi connectivity index (χ0) is 19.4.